The first-order valence-electron chi connectivity index (χ1n) is 7.14. The van der Waals surface area contributed by atoms with Gasteiger partial charge in [-0.2, -0.15) is 0 Å². The molecular formula is C15H22N2O3. The first-order valence-corrected chi connectivity index (χ1v) is 7.14. The smallest absolute Gasteiger partial charge is 0.253 e. The molecule has 1 aromatic rings. The lowest BCUT2D eigenvalue weighted by Gasteiger charge is -2.25. The van der Waals surface area contributed by atoms with Crippen LogP contribution in [0.3, 0.4) is 0 Å². The highest BCUT2D eigenvalue weighted by Crippen LogP contribution is 2.16. The summed E-state index contributed by atoms with van der Waals surface area (Å²) in [6.07, 6.45) is 4.53. The number of nitrogens with one attached hydrogen (secondary N) is 1. The third-order valence-electron chi connectivity index (χ3n) is 3.63. The third-order valence-corrected chi connectivity index (χ3v) is 3.63. The van der Waals surface area contributed by atoms with Crippen LogP contribution in [0, 0.1) is 6.92 Å². The van der Waals surface area contributed by atoms with E-state index in [9.17, 15) is 9.59 Å². The number of amides is 1. The largest absolute Gasteiger partial charge is 0.378 e. The Bertz CT molecular complexity index is 518. The van der Waals surface area contributed by atoms with Gasteiger partial charge in [-0.3, -0.25) is 9.59 Å². The zero-order valence-electron chi connectivity index (χ0n) is 12.1. The highest BCUT2D eigenvalue weighted by atomic mass is 16.5. The number of hydrogen-bond acceptors (Lipinski definition) is 3. The minimum atomic E-state index is -0.239. The van der Waals surface area contributed by atoms with Crippen molar-refractivity contribution < 1.29 is 9.53 Å². The normalized spacial score (nSPS) is 18.8. The van der Waals surface area contributed by atoms with Gasteiger partial charge < -0.3 is 14.6 Å². The summed E-state index contributed by atoms with van der Waals surface area (Å²) in [4.78, 5) is 28.0. The van der Waals surface area contributed by atoms with Gasteiger partial charge in [0.15, 0.2) is 0 Å². The summed E-state index contributed by atoms with van der Waals surface area (Å²) in [5.41, 5.74) is 0.903. The third kappa shape index (κ3) is 3.93. The number of aryl methyl sites for hydroxylation is 1. The summed E-state index contributed by atoms with van der Waals surface area (Å²) in [6, 6.07) is 3.06. The second-order valence-corrected chi connectivity index (χ2v) is 5.42. The second-order valence-electron chi connectivity index (χ2n) is 5.42. The van der Waals surface area contributed by atoms with Crippen molar-refractivity contribution in [1.29, 1.82) is 0 Å². The molecular weight excluding hydrogens is 256 g/mol. The van der Waals surface area contributed by atoms with Gasteiger partial charge >= 0.3 is 0 Å². The summed E-state index contributed by atoms with van der Waals surface area (Å²) in [5, 5.41) is 0. The maximum atomic E-state index is 12.3. The van der Waals surface area contributed by atoms with Crippen LogP contribution in [0.15, 0.2) is 16.9 Å². The van der Waals surface area contributed by atoms with Crippen molar-refractivity contribution in [2.24, 2.45) is 0 Å². The van der Waals surface area contributed by atoms with E-state index in [2.05, 4.69) is 4.98 Å². The van der Waals surface area contributed by atoms with E-state index in [0.717, 1.165) is 25.9 Å². The van der Waals surface area contributed by atoms with E-state index in [-0.39, 0.29) is 17.6 Å². The molecule has 2 rings (SSSR count). The monoisotopic (exact) mass is 278 g/mol. The molecule has 0 saturated carbocycles. The molecule has 1 saturated heterocycles. The lowest BCUT2D eigenvalue weighted by Crippen LogP contribution is -2.32. The molecule has 1 amide bonds. The summed E-state index contributed by atoms with van der Waals surface area (Å²) in [6.45, 7) is 3.25. The zero-order valence-corrected chi connectivity index (χ0v) is 12.1. The number of H-pyrrole nitrogens is 1. The van der Waals surface area contributed by atoms with Crippen LogP contribution < -0.4 is 5.56 Å². The van der Waals surface area contributed by atoms with Crippen molar-refractivity contribution in [2.45, 2.75) is 38.7 Å². The SMILES string of the molecule is Cc1cc(C(=O)N(C)CCC2CCCCO2)cc(=O)[nH]1. The Morgan fingerprint density at radius 2 is 2.25 bits per heavy atom. The molecule has 0 spiro atoms. The minimum absolute atomic E-state index is 0.116. The molecule has 0 bridgehead atoms. The Hall–Kier alpha value is -1.62. The fourth-order valence-electron chi connectivity index (χ4n) is 2.50. The number of aromatic nitrogens is 1. The van der Waals surface area contributed by atoms with Gasteiger partial charge in [0, 0.05) is 37.5 Å². The lowest BCUT2D eigenvalue weighted by atomic mass is 10.1. The van der Waals surface area contributed by atoms with Gasteiger partial charge in [0.1, 0.15) is 0 Å². The molecule has 20 heavy (non-hydrogen) atoms. The fraction of sp³-hybridized carbons (Fsp3) is 0.600. The Kier molecular flexibility index (Phi) is 4.95. The van der Waals surface area contributed by atoms with Crippen molar-refractivity contribution in [3.63, 3.8) is 0 Å². The maximum Gasteiger partial charge on any atom is 0.253 e. The number of nitrogens with zero attached hydrogens (tertiary/aromatic N) is 1. The number of pyridine rings is 1. The number of carbonyl (C=O) groups excluding carboxylic acids is 1. The molecule has 1 fully saturated rings. The number of ether oxygens (including phenoxy) is 1. The molecule has 0 radical (unpaired) electrons. The molecule has 1 aliphatic rings. The average molecular weight is 278 g/mol. The Balaban J connectivity index is 1.92. The second kappa shape index (κ2) is 6.70. The van der Waals surface area contributed by atoms with Crippen molar-refractivity contribution in [3.8, 4) is 0 Å². The summed E-state index contributed by atoms with van der Waals surface area (Å²) in [5.74, 6) is -0.116. The highest BCUT2D eigenvalue weighted by molar-refractivity contribution is 5.94. The van der Waals surface area contributed by atoms with Gasteiger partial charge in [0.2, 0.25) is 5.56 Å². The molecule has 1 atom stereocenters. The molecule has 0 aromatic carbocycles. The van der Waals surface area contributed by atoms with Gasteiger partial charge in [0.25, 0.3) is 5.91 Å². The highest BCUT2D eigenvalue weighted by Gasteiger charge is 2.17. The molecule has 1 aromatic heterocycles. The van der Waals surface area contributed by atoms with E-state index in [0.29, 0.717) is 17.8 Å². The van der Waals surface area contributed by atoms with Gasteiger partial charge in [-0.1, -0.05) is 0 Å². The molecule has 1 aliphatic heterocycles. The molecule has 1 N–H and O–H groups in total. The number of hydrogen-bond donors (Lipinski definition) is 1. The maximum absolute atomic E-state index is 12.3. The molecule has 110 valence electrons. The van der Waals surface area contributed by atoms with Gasteiger partial charge in [-0.25, -0.2) is 0 Å². The van der Waals surface area contributed by atoms with E-state index in [1.54, 1.807) is 24.9 Å². The van der Waals surface area contributed by atoms with E-state index in [1.165, 1.54) is 12.5 Å². The first-order chi connectivity index (χ1) is 9.56. The first kappa shape index (κ1) is 14.8. The van der Waals surface area contributed by atoms with Crippen LogP contribution in [0.1, 0.15) is 41.7 Å². The predicted molar refractivity (Wildman–Crippen MR) is 77.0 cm³/mol. The summed E-state index contributed by atoms with van der Waals surface area (Å²) in [7, 11) is 1.77. The molecule has 5 nitrogen and oxygen atoms in total. The van der Waals surface area contributed by atoms with E-state index in [4.69, 9.17) is 4.74 Å². The fourth-order valence-corrected chi connectivity index (χ4v) is 2.50. The quantitative estimate of drug-likeness (QED) is 0.912. The Labute approximate surface area is 118 Å². The van der Waals surface area contributed by atoms with Crippen LogP contribution >= 0.6 is 0 Å². The molecule has 5 heteroatoms. The number of rotatable bonds is 4. The van der Waals surface area contributed by atoms with Crippen molar-refractivity contribution in [3.05, 3.63) is 33.7 Å². The minimum Gasteiger partial charge on any atom is -0.378 e. The zero-order chi connectivity index (χ0) is 14.5. The lowest BCUT2D eigenvalue weighted by molar-refractivity contribution is 0.00709. The van der Waals surface area contributed by atoms with Crippen LogP contribution in [0.25, 0.3) is 0 Å². The standard InChI is InChI=1S/C15H22N2O3/c1-11-9-12(10-14(18)16-11)15(19)17(2)7-6-13-5-3-4-8-20-13/h9-10,13H,3-8H2,1-2H3,(H,16,18). The van der Waals surface area contributed by atoms with Crippen LogP contribution in [0.2, 0.25) is 0 Å². The molecule has 1 unspecified atom stereocenters. The summed E-state index contributed by atoms with van der Waals surface area (Å²) >= 11 is 0. The Morgan fingerprint density at radius 1 is 1.45 bits per heavy atom. The number of carbonyl (C=O) groups is 1. The van der Waals surface area contributed by atoms with Crippen LogP contribution in [-0.2, 0) is 4.74 Å². The Morgan fingerprint density at radius 3 is 2.90 bits per heavy atom. The topological polar surface area (TPSA) is 62.4 Å². The number of aromatic amines is 1. The molecule has 2 heterocycles. The van der Waals surface area contributed by atoms with Crippen LogP contribution in [0.5, 0.6) is 0 Å². The van der Waals surface area contributed by atoms with Crippen LogP contribution in [0.4, 0.5) is 0 Å². The van der Waals surface area contributed by atoms with E-state index in [1.807, 2.05) is 0 Å². The van der Waals surface area contributed by atoms with E-state index < -0.39 is 0 Å². The van der Waals surface area contributed by atoms with E-state index >= 15 is 0 Å². The van der Waals surface area contributed by atoms with Gasteiger partial charge in [0.05, 0.1) is 6.10 Å². The average Bonchev–Trinajstić information content (AvgIpc) is 2.44. The van der Waals surface area contributed by atoms with Gasteiger partial charge in [-0.15, -0.1) is 0 Å². The van der Waals surface area contributed by atoms with Crippen LogP contribution in [-0.4, -0.2) is 42.1 Å². The molecule has 0 aliphatic carbocycles. The summed E-state index contributed by atoms with van der Waals surface area (Å²) < 4.78 is 5.66. The van der Waals surface area contributed by atoms with Crippen molar-refractivity contribution in [2.75, 3.05) is 20.2 Å². The van der Waals surface area contributed by atoms with Gasteiger partial charge in [-0.05, 0) is 38.7 Å². The van der Waals surface area contributed by atoms with Crippen molar-refractivity contribution in [1.82, 2.24) is 9.88 Å². The predicted octanol–water partition coefficient (Wildman–Crippen LogP) is 1.71. The van der Waals surface area contributed by atoms with Crippen molar-refractivity contribution >= 4 is 5.91 Å².